The van der Waals surface area contributed by atoms with Crippen LogP contribution in [0.25, 0.3) is 0 Å². The lowest BCUT2D eigenvalue weighted by molar-refractivity contribution is -0.146. The lowest BCUT2D eigenvalue weighted by atomic mass is 10.0. The number of ether oxygens (including phenoxy) is 4. The summed E-state index contributed by atoms with van der Waals surface area (Å²) in [7, 11) is 4.63. The predicted molar refractivity (Wildman–Crippen MR) is 113 cm³/mol. The van der Waals surface area contributed by atoms with Crippen LogP contribution in [-0.2, 0) is 28.8 Å². The Labute approximate surface area is 177 Å². The van der Waals surface area contributed by atoms with Gasteiger partial charge in [0.15, 0.2) is 17.6 Å². The summed E-state index contributed by atoms with van der Waals surface area (Å²) in [6.07, 6.45) is 2.93. The Hall–Kier alpha value is -3.02. The van der Waals surface area contributed by atoms with Crippen LogP contribution >= 0.6 is 0 Å². The second kappa shape index (κ2) is 9.65. The number of carbonyl (C=O) groups is 2. The minimum absolute atomic E-state index is 0.139. The highest BCUT2D eigenvalue weighted by Gasteiger charge is 2.22. The van der Waals surface area contributed by atoms with Gasteiger partial charge in [0.1, 0.15) is 0 Å². The zero-order chi connectivity index (χ0) is 21.7. The first-order valence-corrected chi connectivity index (χ1v) is 10.1. The van der Waals surface area contributed by atoms with Crippen molar-refractivity contribution >= 4 is 11.8 Å². The van der Waals surface area contributed by atoms with Crippen molar-refractivity contribution in [2.75, 3.05) is 21.3 Å². The van der Waals surface area contributed by atoms with E-state index >= 15 is 0 Å². The smallest absolute Gasteiger partial charge is 0.306 e. The lowest BCUT2D eigenvalue weighted by Gasteiger charge is -2.15. The summed E-state index contributed by atoms with van der Waals surface area (Å²) >= 11 is 0. The largest absolute Gasteiger partial charge is 0.493 e. The number of benzene rings is 2. The Kier molecular flexibility index (Phi) is 6.98. The van der Waals surface area contributed by atoms with Crippen molar-refractivity contribution in [2.24, 2.45) is 0 Å². The normalized spacial score (nSPS) is 13.3. The number of hydrogen-bond donors (Lipinski definition) is 0. The van der Waals surface area contributed by atoms with Gasteiger partial charge in [0, 0.05) is 12.0 Å². The second-order valence-corrected chi connectivity index (χ2v) is 7.37. The van der Waals surface area contributed by atoms with E-state index in [0.29, 0.717) is 29.2 Å². The van der Waals surface area contributed by atoms with Gasteiger partial charge in [-0.2, -0.15) is 0 Å². The van der Waals surface area contributed by atoms with Crippen LogP contribution in [0.5, 0.6) is 17.2 Å². The molecule has 2 aromatic carbocycles. The molecule has 1 unspecified atom stereocenters. The van der Waals surface area contributed by atoms with Gasteiger partial charge in [0.2, 0.25) is 11.5 Å². The molecule has 1 aliphatic carbocycles. The van der Waals surface area contributed by atoms with Gasteiger partial charge < -0.3 is 18.9 Å². The molecule has 1 aliphatic rings. The topological polar surface area (TPSA) is 71.1 Å². The molecule has 0 bridgehead atoms. The van der Waals surface area contributed by atoms with E-state index in [1.54, 1.807) is 33.3 Å². The van der Waals surface area contributed by atoms with Crippen molar-refractivity contribution in [2.45, 2.75) is 45.1 Å². The molecule has 0 fully saturated rings. The number of rotatable bonds is 9. The fourth-order valence-corrected chi connectivity index (χ4v) is 3.80. The SMILES string of the molecule is COc1cc(CCC(=O)OC(C)C(=O)c2ccc3c(c2)CCC3)cc(OC)c1OC. The minimum Gasteiger partial charge on any atom is -0.493 e. The first-order chi connectivity index (χ1) is 14.5. The summed E-state index contributed by atoms with van der Waals surface area (Å²) in [4.78, 5) is 25.0. The van der Waals surface area contributed by atoms with E-state index in [2.05, 4.69) is 0 Å². The number of methoxy groups -OCH3 is 3. The summed E-state index contributed by atoms with van der Waals surface area (Å²) in [6.45, 7) is 1.62. The minimum atomic E-state index is -0.822. The molecule has 0 N–H and O–H groups in total. The Bertz CT molecular complexity index is 908. The number of esters is 1. The van der Waals surface area contributed by atoms with E-state index in [4.69, 9.17) is 18.9 Å². The molecule has 160 valence electrons. The van der Waals surface area contributed by atoms with E-state index in [9.17, 15) is 9.59 Å². The molecule has 30 heavy (non-hydrogen) atoms. The molecule has 0 aliphatic heterocycles. The van der Waals surface area contributed by atoms with Gasteiger partial charge >= 0.3 is 5.97 Å². The van der Waals surface area contributed by atoms with E-state index in [1.165, 1.54) is 18.2 Å². The highest BCUT2D eigenvalue weighted by molar-refractivity contribution is 6.00. The highest BCUT2D eigenvalue weighted by Crippen LogP contribution is 2.38. The molecule has 0 heterocycles. The summed E-state index contributed by atoms with van der Waals surface area (Å²) in [6, 6.07) is 9.37. The van der Waals surface area contributed by atoms with Crippen molar-refractivity contribution in [3.8, 4) is 17.2 Å². The van der Waals surface area contributed by atoms with Crippen LogP contribution in [-0.4, -0.2) is 39.2 Å². The Morgan fingerprint density at radius 2 is 1.60 bits per heavy atom. The maximum atomic E-state index is 12.7. The van der Waals surface area contributed by atoms with E-state index in [-0.39, 0.29) is 12.2 Å². The zero-order valence-corrected chi connectivity index (χ0v) is 17.9. The van der Waals surface area contributed by atoms with Gasteiger partial charge in [0.25, 0.3) is 0 Å². The molecule has 1 atom stereocenters. The van der Waals surface area contributed by atoms with Crippen molar-refractivity contribution in [1.82, 2.24) is 0 Å². The number of fused-ring (bicyclic) bond motifs is 1. The number of carbonyl (C=O) groups excluding carboxylic acids is 2. The summed E-state index contributed by atoms with van der Waals surface area (Å²) < 4.78 is 21.4. The van der Waals surface area contributed by atoms with Crippen LogP contribution in [0, 0.1) is 0 Å². The van der Waals surface area contributed by atoms with Crippen LogP contribution in [0.2, 0.25) is 0 Å². The van der Waals surface area contributed by atoms with Gasteiger partial charge in [-0.15, -0.1) is 0 Å². The molecular weight excluding hydrogens is 384 g/mol. The lowest BCUT2D eigenvalue weighted by Crippen LogP contribution is -2.24. The Balaban J connectivity index is 1.59. The molecule has 6 heteroatoms. The average molecular weight is 412 g/mol. The van der Waals surface area contributed by atoms with E-state index < -0.39 is 12.1 Å². The van der Waals surface area contributed by atoms with Gasteiger partial charge in [-0.1, -0.05) is 12.1 Å². The Morgan fingerprint density at radius 1 is 0.933 bits per heavy atom. The molecular formula is C24H28O6. The molecule has 0 amide bonds. The maximum Gasteiger partial charge on any atom is 0.306 e. The summed E-state index contributed by atoms with van der Waals surface area (Å²) in [5.74, 6) is 0.956. The average Bonchev–Trinajstić information content (AvgIpc) is 3.24. The molecule has 6 nitrogen and oxygen atoms in total. The van der Waals surface area contributed by atoms with E-state index in [1.807, 2.05) is 18.2 Å². The molecule has 2 aromatic rings. The number of hydrogen-bond acceptors (Lipinski definition) is 6. The first kappa shape index (κ1) is 21.7. The fraction of sp³-hybridized carbons (Fsp3) is 0.417. The van der Waals surface area contributed by atoms with Gasteiger partial charge in [-0.3, -0.25) is 9.59 Å². The monoisotopic (exact) mass is 412 g/mol. The zero-order valence-electron chi connectivity index (χ0n) is 17.9. The van der Waals surface area contributed by atoms with Crippen molar-refractivity contribution in [3.05, 3.63) is 52.6 Å². The van der Waals surface area contributed by atoms with E-state index in [0.717, 1.165) is 24.8 Å². The summed E-state index contributed by atoms with van der Waals surface area (Å²) in [5, 5.41) is 0. The predicted octanol–water partition coefficient (Wildman–Crippen LogP) is 3.95. The van der Waals surface area contributed by atoms with Crippen LogP contribution in [0.15, 0.2) is 30.3 Å². The third-order valence-electron chi connectivity index (χ3n) is 5.40. The quantitative estimate of drug-likeness (QED) is 0.459. The van der Waals surface area contributed by atoms with Crippen LogP contribution in [0.3, 0.4) is 0 Å². The van der Waals surface area contributed by atoms with Crippen LogP contribution in [0.1, 0.15) is 46.8 Å². The third-order valence-corrected chi connectivity index (χ3v) is 5.40. The molecule has 3 rings (SSSR count). The standard InChI is InChI=1S/C24H28O6/c1-15(23(26)19-10-9-17-6-5-7-18(17)14-19)30-22(25)11-8-16-12-20(27-2)24(29-4)21(13-16)28-3/h9-10,12-15H,5-8,11H2,1-4H3. The van der Waals surface area contributed by atoms with Crippen LogP contribution in [0.4, 0.5) is 0 Å². The molecule has 0 radical (unpaired) electrons. The molecule has 0 saturated heterocycles. The fourth-order valence-electron chi connectivity index (χ4n) is 3.80. The molecule has 0 saturated carbocycles. The van der Waals surface area contributed by atoms with Gasteiger partial charge in [-0.05, 0) is 67.5 Å². The van der Waals surface area contributed by atoms with Crippen molar-refractivity contribution < 1.29 is 28.5 Å². The number of Topliss-reactive ketones (excluding diaryl/α,β-unsaturated/α-hetero) is 1. The highest BCUT2D eigenvalue weighted by atomic mass is 16.5. The van der Waals surface area contributed by atoms with Crippen molar-refractivity contribution in [1.29, 1.82) is 0 Å². The van der Waals surface area contributed by atoms with Gasteiger partial charge in [0.05, 0.1) is 21.3 Å². The van der Waals surface area contributed by atoms with Crippen LogP contribution < -0.4 is 14.2 Å². The number of ketones is 1. The van der Waals surface area contributed by atoms with Crippen molar-refractivity contribution in [3.63, 3.8) is 0 Å². The maximum absolute atomic E-state index is 12.7. The summed E-state index contributed by atoms with van der Waals surface area (Å²) in [5.41, 5.74) is 3.97. The van der Waals surface area contributed by atoms with Gasteiger partial charge in [-0.25, -0.2) is 0 Å². The second-order valence-electron chi connectivity index (χ2n) is 7.37. The number of aryl methyl sites for hydroxylation is 3. The Morgan fingerprint density at radius 3 is 2.23 bits per heavy atom. The first-order valence-electron chi connectivity index (χ1n) is 10.1. The molecule has 0 spiro atoms. The third kappa shape index (κ3) is 4.75. The molecule has 0 aromatic heterocycles.